The molecule has 5 nitrogen and oxygen atoms in total. The summed E-state index contributed by atoms with van der Waals surface area (Å²) in [6.45, 7) is 8.09. The fourth-order valence-electron chi connectivity index (χ4n) is 2.33. The van der Waals surface area contributed by atoms with Crippen LogP contribution in [0.15, 0.2) is 5.38 Å². The van der Waals surface area contributed by atoms with Crippen molar-refractivity contribution in [1.82, 2.24) is 24.7 Å². The molecule has 0 amide bonds. The van der Waals surface area contributed by atoms with Gasteiger partial charge < -0.3 is 5.32 Å². The summed E-state index contributed by atoms with van der Waals surface area (Å²) in [7, 11) is 0. The van der Waals surface area contributed by atoms with E-state index in [4.69, 9.17) is 11.6 Å². The molecule has 7 heteroatoms. The van der Waals surface area contributed by atoms with E-state index in [0.29, 0.717) is 0 Å². The van der Waals surface area contributed by atoms with E-state index in [1.54, 1.807) is 0 Å². The molecule has 0 aromatic carbocycles. The highest BCUT2D eigenvalue weighted by molar-refractivity contribution is 7.03. The Morgan fingerprint density at radius 3 is 2.76 bits per heavy atom. The molecule has 2 aromatic heterocycles. The van der Waals surface area contributed by atoms with Crippen LogP contribution >= 0.6 is 23.1 Å². The maximum absolute atomic E-state index is 6.50. The van der Waals surface area contributed by atoms with Crippen LogP contribution in [0, 0.1) is 0 Å². The van der Waals surface area contributed by atoms with Gasteiger partial charge in [0.05, 0.1) is 28.1 Å². The fourth-order valence-corrected chi connectivity index (χ4v) is 3.18. The summed E-state index contributed by atoms with van der Waals surface area (Å²) in [6, 6.07) is 0.132. The zero-order chi connectivity index (χ0) is 15.2. The summed E-state index contributed by atoms with van der Waals surface area (Å²) in [4.78, 5) is 0. The van der Waals surface area contributed by atoms with Crippen LogP contribution in [0.1, 0.15) is 50.3 Å². The highest BCUT2D eigenvalue weighted by atomic mass is 35.5. The number of hydrogen-bond acceptors (Lipinski definition) is 5. The Morgan fingerprint density at radius 2 is 2.19 bits per heavy atom. The van der Waals surface area contributed by atoms with Gasteiger partial charge in [-0.2, -0.15) is 5.10 Å². The van der Waals surface area contributed by atoms with E-state index in [9.17, 15) is 0 Å². The topological polar surface area (TPSA) is 55.6 Å². The third kappa shape index (κ3) is 3.81. The number of halogens is 1. The van der Waals surface area contributed by atoms with E-state index >= 15 is 0 Å². The van der Waals surface area contributed by atoms with Gasteiger partial charge in [-0.05, 0) is 37.8 Å². The van der Waals surface area contributed by atoms with Gasteiger partial charge >= 0.3 is 0 Å². The molecule has 2 aromatic rings. The molecule has 1 unspecified atom stereocenters. The van der Waals surface area contributed by atoms with E-state index in [2.05, 4.69) is 40.8 Å². The number of aryl methyl sites for hydroxylation is 2. The van der Waals surface area contributed by atoms with Gasteiger partial charge in [-0.25, -0.2) is 0 Å². The molecule has 0 saturated heterocycles. The quantitative estimate of drug-likeness (QED) is 0.808. The lowest BCUT2D eigenvalue weighted by atomic mass is 10.1. The highest BCUT2D eigenvalue weighted by Crippen LogP contribution is 2.26. The normalized spacial score (nSPS) is 12.8. The van der Waals surface area contributed by atoms with E-state index in [-0.39, 0.29) is 6.04 Å². The molecule has 116 valence electrons. The average Bonchev–Trinajstić information content (AvgIpc) is 3.12. The first kappa shape index (κ1) is 16.4. The fraction of sp³-hybridized carbons (Fsp3) is 0.643. The van der Waals surface area contributed by atoms with Crippen LogP contribution in [0.5, 0.6) is 0 Å². The third-order valence-electron chi connectivity index (χ3n) is 3.47. The first-order valence-corrected chi connectivity index (χ1v) is 8.67. The second-order valence-corrected chi connectivity index (χ2v) is 5.91. The third-order valence-corrected chi connectivity index (χ3v) is 4.43. The number of hydrogen-bond donors (Lipinski definition) is 1. The van der Waals surface area contributed by atoms with Crippen molar-refractivity contribution in [1.29, 1.82) is 0 Å². The van der Waals surface area contributed by atoms with Crippen molar-refractivity contribution in [3.63, 3.8) is 0 Å². The number of aromatic nitrogens is 4. The van der Waals surface area contributed by atoms with Gasteiger partial charge in [0.25, 0.3) is 0 Å². The Hall–Kier alpha value is -0.980. The molecule has 2 rings (SSSR count). The lowest BCUT2D eigenvalue weighted by Crippen LogP contribution is -2.25. The molecule has 0 aliphatic carbocycles. The Balaban J connectivity index is 2.25. The minimum Gasteiger partial charge on any atom is -0.308 e. The monoisotopic (exact) mass is 327 g/mol. The van der Waals surface area contributed by atoms with Crippen LogP contribution in [0.3, 0.4) is 0 Å². The first-order valence-electron chi connectivity index (χ1n) is 7.45. The lowest BCUT2D eigenvalue weighted by Gasteiger charge is -2.17. The van der Waals surface area contributed by atoms with E-state index in [1.807, 2.05) is 10.1 Å². The van der Waals surface area contributed by atoms with E-state index in [0.717, 1.165) is 54.5 Å². The van der Waals surface area contributed by atoms with Gasteiger partial charge in [0.1, 0.15) is 0 Å². The van der Waals surface area contributed by atoms with E-state index in [1.165, 1.54) is 11.5 Å². The molecule has 0 saturated carbocycles. The Morgan fingerprint density at radius 1 is 1.38 bits per heavy atom. The van der Waals surface area contributed by atoms with Gasteiger partial charge in [-0.15, -0.1) is 5.10 Å². The molecule has 0 aliphatic heterocycles. The van der Waals surface area contributed by atoms with Gasteiger partial charge in [-0.3, -0.25) is 4.68 Å². The van der Waals surface area contributed by atoms with Crippen LogP contribution in [-0.4, -0.2) is 25.9 Å². The summed E-state index contributed by atoms with van der Waals surface area (Å²) >= 11 is 7.88. The Bertz CT molecular complexity index is 552. The SMILES string of the molecule is CCCNC(Cc1c(Cl)c(CC)nn1CC)c1csnn1. The number of nitrogens with zero attached hydrogens (tertiary/aromatic N) is 4. The lowest BCUT2D eigenvalue weighted by molar-refractivity contribution is 0.492. The summed E-state index contributed by atoms with van der Waals surface area (Å²) in [5, 5.41) is 15.1. The number of nitrogens with one attached hydrogen (secondary N) is 1. The van der Waals surface area contributed by atoms with Gasteiger partial charge in [0, 0.05) is 18.3 Å². The summed E-state index contributed by atoms with van der Waals surface area (Å²) in [6.07, 6.45) is 2.71. The molecule has 0 radical (unpaired) electrons. The molecule has 1 atom stereocenters. The second-order valence-electron chi connectivity index (χ2n) is 4.92. The molecule has 2 heterocycles. The largest absolute Gasteiger partial charge is 0.308 e. The molecule has 21 heavy (non-hydrogen) atoms. The minimum absolute atomic E-state index is 0.132. The summed E-state index contributed by atoms with van der Waals surface area (Å²) in [5.41, 5.74) is 3.03. The zero-order valence-corrected chi connectivity index (χ0v) is 14.3. The summed E-state index contributed by atoms with van der Waals surface area (Å²) in [5.74, 6) is 0. The predicted octanol–water partition coefficient (Wildman–Crippen LogP) is 3.25. The van der Waals surface area contributed by atoms with Crippen LogP contribution in [0.2, 0.25) is 5.02 Å². The Kier molecular flexibility index (Phi) is 6.14. The highest BCUT2D eigenvalue weighted by Gasteiger charge is 2.21. The van der Waals surface area contributed by atoms with Crippen LogP contribution in [0.4, 0.5) is 0 Å². The van der Waals surface area contributed by atoms with Crippen molar-refractivity contribution in [3.8, 4) is 0 Å². The second kappa shape index (κ2) is 7.87. The van der Waals surface area contributed by atoms with E-state index < -0.39 is 0 Å². The predicted molar refractivity (Wildman–Crippen MR) is 86.9 cm³/mol. The Labute approximate surface area is 134 Å². The zero-order valence-electron chi connectivity index (χ0n) is 12.8. The standard InChI is InChI=1S/C14H22ClN5S/c1-4-7-16-11(12-9-21-19-17-12)8-13-14(15)10(5-2)18-20(13)6-3/h9,11,16H,4-8H2,1-3H3. The van der Waals surface area contributed by atoms with Crippen LogP contribution in [-0.2, 0) is 19.4 Å². The molecule has 0 aliphatic rings. The smallest absolute Gasteiger partial charge is 0.0928 e. The maximum atomic E-state index is 6.50. The van der Waals surface area contributed by atoms with Crippen LogP contribution in [0.25, 0.3) is 0 Å². The van der Waals surface area contributed by atoms with Gasteiger partial charge in [0.15, 0.2) is 0 Å². The van der Waals surface area contributed by atoms with Crippen LogP contribution < -0.4 is 5.32 Å². The molecule has 0 fully saturated rings. The number of rotatable bonds is 8. The van der Waals surface area contributed by atoms with Crippen molar-refractivity contribution in [2.75, 3.05) is 6.54 Å². The first-order chi connectivity index (χ1) is 10.2. The molecule has 0 spiro atoms. The van der Waals surface area contributed by atoms with Crippen molar-refractivity contribution in [2.45, 2.75) is 52.6 Å². The molecular weight excluding hydrogens is 306 g/mol. The average molecular weight is 328 g/mol. The molecule has 1 N–H and O–H groups in total. The van der Waals surface area contributed by atoms with Crippen molar-refractivity contribution in [3.05, 3.63) is 27.5 Å². The van der Waals surface area contributed by atoms with Gasteiger partial charge in [0.2, 0.25) is 0 Å². The van der Waals surface area contributed by atoms with Crippen molar-refractivity contribution < 1.29 is 0 Å². The van der Waals surface area contributed by atoms with Crippen molar-refractivity contribution in [2.24, 2.45) is 0 Å². The minimum atomic E-state index is 0.132. The van der Waals surface area contributed by atoms with Crippen molar-refractivity contribution >= 4 is 23.1 Å². The molecular formula is C14H22ClN5S. The molecule has 0 bridgehead atoms. The van der Waals surface area contributed by atoms with Gasteiger partial charge in [-0.1, -0.05) is 29.9 Å². The maximum Gasteiger partial charge on any atom is 0.0928 e. The summed E-state index contributed by atoms with van der Waals surface area (Å²) < 4.78 is 5.98.